The molecule has 6 heavy (non-hydrogen) atoms. The highest BCUT2D eigenvalue weighted by Gasteiger charge is 1.68. The Balaban J connectivity index is 3.41. The number of hydrogen-bond donors (Lipinski definition) is 0. The molecule has 0 unspecified atom stereocenters. The second kappa shape index (κ2) is 2.91. The first-order valence-corrected chi connectivity index (χ1v) is 1.93. The smallest absolute Gasteiger partial charge is 0.0403 e. The average molecular weight is 104 g/mol. The van der Waals surface area contributed by atoms with Crippen molar-refractivity contribution in [3.05, 3.63) is 11.2 Å². The van der Waals surface area contributed by atoms with Gasteiger partial charge >= 0.3 is 0 Å². The molecule has 0 atom stereocenters. The molecule has 0 aliphatic carbocycles. The molecule has 0 aromatic heterocycles. The summed E-state index contributed by atoms with van der Waals surface area (Å²) in [5.41, 5.74) is 0. The van der Waals surface area contributed by atoms with Crippen molar-refractivity contribution in [2.45, 2.75) is 6.92 Å². The highest BCUT2D eigenvalue weighted by atomic mass is 35.5. The summed E-state index contributed by atoms with van der Waals surface area (Å²) in [6.07, 6.45) is 1.49. The molecule has 0 saturated heterocycles. The van der Waals surface area contributed by atoms with Gasteiger partial charge in [-0.2, -0.15) is 0 Å². The predicted octanol–water partition coefficient (Wildman–Crippen LogP) is 1.79. The number of allylic oxidation sites excluding steroid dienone is 1. The Morgan fingerprint density at radius 2 is 2.50 bits per heavy atom. The molecule has 0 N–H and O–H groups in total. The molecule has 0 bridgehead atoms. The lowest BCUT2D eigenvalue weighted by atomic mass is 10.7. The van der Waals surface area contributed by atoms with Gasteiger partial charge in [0.1, 0.15) is 0 Å². The maximum absolute atomic E-state index is 5.31. The summed E-state index contributed by atoms with van der Waals surface area (Å²) in [5, 5.41) is 0.657. The van der Waals surface area contributed by atoms with Crippen LogP contribution in [0.15, 0.2) is 16.2 Å². The van der Waals surface area contributed by atoms with E-state index in [0.717, 1.165) is 0 Å². The van der Waals surface area contributed by atoms with Crippen molar-refractivity contribution in [2.75, 3.05) is 0 Å². The van der Waals surface area contributed by atoms with Gasteiger partial charge in [0.15, 0.2) is 0 Å². The molecule has 34 valence electrons. The molecule has 0 fully saturated rings. The molecule has 1 nitrogen and oxygen atoms in total. The Morgan fingerprint density at radius 1 is 2.00 bits per heavy atom. The Labute approximate surface area is 42.3 Å². The summed E-state index contributed by atoms with van der Waals surface area (Å²) in [7, 11) is 0. The van der Waals surface area contributed by atoms with E-state index in [2.05, 4.69) is 11.7 Å². The van der Waals surface area contributed by atoms with Crippen LogP contribution in [0.1, 0.15) is 6.92 Å². The summed E-state index contributed by atoms with van der Waals surface area (Å²) >= 11 is 5.31. The van der Waals surface area contributed by atoms with Crippen molar-refractivity contribution in [1.82, 2.24) is 0 Å². The van der Waals surface area contributed by atoms with E-state index in [-0.39, 0.29) is 0 Å². The van der Waals surface area contributed by atoms with E-state index in [1.807, 2.05) is 0 Å². The minimum atomic E-state index is 0.657. The average Bonchev–Trinajstić information content (AvgIpc) is 1.35. The van der Waals surface area contributed by atoms with Gasteiger partial charge in [0.2, 0.25) is 0 Å². The van der Waals surface area contributed by atoms with Gasteiger partial charge in [0, 0.05) is 11.2 Å². The van der Waals surface area contributed by atoms with Gasteiger partial charge in [0.05, 0.1) is 0 Å². The molecular weight excluding hydrogens is 97.5 g/mol. The third-order valence-corrected chi connectivity index (χ3v) is 0.367. The van der Waals surface area contributed by atoms with Crippen molar-refractivity contribution in [1.29, 1.82) is 0 Å². The minimum absolute atomic E-state index is 0.657. The Hall–Kier alpha value is -0.300. The van der Waals surface area contributed by atoms with Gasteiger partial charge in [-0.25, -0.2) is 0 Å². The van der Waals surface area contributed by atoms with Crippen molar-refractivity contribution < 1.29 is 0 Å². The SMILES string of the molecule is C=N/C=C(\C)Cl. The third kappa shape index (κ3) is 3.70. The van der Waals surface area contributed by atoms with Crippen molar-refractivity contribution >= 4 is 18.3 Å². The first kappa shape index (κ1) is 5.70. The zero-order chi connectivity index (χ0) is 4.99. The summed E-state index contributed by atoms with van der Waals surface area (Å²) in [6.45, 7) is 4.94. The lowest BCUT2D eigenvalue weighted by Gasteiger charge is -1.72. The van der Waals surface area contributed by atoms with Crippen LogP contribution in [0.3, 0.4) is 0 Å². The first-order valence-electron chi connectivity index (χ1n) is 1.55. The molecule has 0 aromatic carbocycles. The number of hydrogen-bond acceptors (Lipinski definition) is 1. The fourth-order valence-corrected chi connectivity index (χ4v) is 0.195. The van der Waals surface area contributed by atoms with Crippen molar-refractivity contribution in [2.24, 2.45) is 4.99 Å². The molecule has 0 spiro atoms. The molecule has 0 amide bonds. The maximum atomic E-state index is 5.31. The fourth-order valence-electron chi connectivity index (χ4n) is 0.126. The molecule has 0 heterocycles. The molecular formula is C4H6ClN. The number of aliphatic imine (C=N–C) groups is 1. The highest BCUT2D eigenvalue weighted by Crippen LogP contribution is 1.95. The normalized spacial score (nSPS) is 11.3. The lowest BCUT2D eigenvalue weighted by Crippen LogP contribution is -1.49. The quantitative estimate of drug-likeness (QED) is 0.449. The van der Waals surface area contributed by atoms with E-state index >= 15 is 0 Å². The highest BCUT2D eigenvalue weighted by molar-refractivity contribution is 6.29. The Bertz CT molecular complexity index is 71.6. The van der Waals surface area contributed by atoms with Crippen LogP contribution in [0, 0.1) is 0 Å². The second-order valence-electron chi connectivity index (χ2n) is 0.898. The summed E-state index contributed by atoms with van der Waals surface area (Å²) in [6, 6.07) is 0. The summed E-state index contributed by atoms with van der Waals surface area (Å²) < 4.78 is 0. The molecule has 0 aromatic rings. The van der Waals surface area contributed by atoms with Gasteiger partial charge in [0.25, 0.3) is 0 Å². The monoisotopic (exact) mass is 103 g/mol. The van der Waals surface area contributed by atoms with Gasteiger partial charge in [-0.3, -0.25) is 4.99 Å². The number of rotatable bonds is 1. The van der Waals surface area contributed by atoms with Crippen LogP contribution < -0.4 is 0 Å². The van der Waals surface area contributed by atoms with Gasteiger partial charge < -0.3 is 0 Å². The summed E-state index contributed by atoms with van der Waals surface area (Å²) in [4.78, 5) is 3.39. The topological polar surface area (TPSA) is 12.4 Å². The summed E-state index contributed by atoms with van der Waals surface area (Å²) in [5.74, 6) is 0. The van der Waals surface area contributed by atoms with E-state index in [1.165, 1.54) is 6.20 Å². The molecule has 0 saturated carbocycles. The van der Waals surface area contributed by atoms with E-state index in [9.17, 15) is 0 Å². The Kier molecular flexibility index (Phi) is 2.77. The van der Waals surface area contributed by atoms with Gasteiger partial charge in [-0.15, -0.1) is 0 Å². The third-order valence-electron chi connectivity index (χ3n) is 0.269. The molecule has 0 radical (unpaired) electrons. The predicted molar refractivity (Wildman–Crippen MR) is 29.2 cm³/mol. The Morgan fingerprint density at radius 3 is 2.50 bits per heavy atom. The van der Waals surface area contributed by atoms with Crippen LogP contribution in [0.4, 0.5) is 0 Å². The van der Waals surface area contributed by atoms with E-state index in [1.54, 1.807) is 6.92 Å². The van der Waals surface area contributed by atoms with Crippen LogP contribution in [-0.2, 0) is 0 Å². The van der Waals surface area contributed by atoms with E-state index < -0.39 is 0 Å². The molecule has 2 heteroatoms. The number of halogens is 1. The zero-order valence-corrected chi connectivity index (χ0v) is 4.37. The van der Waals surface area contributed by atoms with E-state index in [0.29, 0.717) is 5.03 Å². The standard InChI is InChI=1S/C4H6ClN/c1-4(5)3-6-2/h3H,2H2,1H3/b4-3+. The van der Waals surface area contributed by atoms with Crippen molar-refractivity contribution in [3.8, 4) is 0 Å². The van der Waals surface area contributed by atoms with Crippen LogP contribution >= 0.6 is 11.6 Å². The molecule has 0 aliphatic rings. The lowest BCUT2D eigenvalue weighted by molar-refractivity contribution is 1.52. The maximum Gasteiger partial charge on any atom is 0.0403 e. The molecule has 0 aliphatic heterocycles. The largest absolute Gasteiger partial charge is 0.271 e. The van der Waals surface area contributed by atoms with Crippen LogP contribution in [0.2, 0.25) is 0 Å². The number of nitrogens with zero attached hydrogens (tertiary/aromatic N) is 1. The minimum Gasteiger partial charge on any atom is -0.271 e. The zero-order valence-electron chi connectivity index (χ0n) is 3.61. The van der Waals surface area contributed by atoms with Crippen LogP contribution in [0.25, 0.3) is 0 Å². The second-order valence-corrected chi connectivity index (χ2v) is 1.49. The first-order chi connectivity index (χ1) is 2.77. The van der Waals surface area contributed by atoms with Gasteiger partial charge in [-0.1, -0.05) is 11.6 Å². The fraction of sp³-hybridized carbons (Fsp3) is 0.250. The van der Waals surface area contributed by atoms with Crippen LogP contribution in [0.5, 0.6) is 0 Å². The van der Waals surface area contributed by atoms with E-state index in [4.69, 9.17) is 11.6 Å². The van der Waals surface area contributed by atoms with Gasteiger partial charge in [-0.05, 0) is 13.6 Å². The van der Waals surface area contributed by atoms with Crippen LogP contribution in [-0.4, -0.2) is 6.72 Å². The van der Waals surface area contributed by atoms with Crippen molar-refractivity contribution in [3.63, 3.8) is 0 Å². The molecule has 0 rings (SSSR count).